The Kier molecular flexibility index (Phi) is 8.53. The Balaban J connectivity index is 1.81. The van der Waals surface area contributed by atoms with E-state index in [9.17, 15) is 10.1 Å². The highest BCUT2D eigenvalue weighted by atomic mass is 79.9. The lowest BCUT2D eigenvalue weighted by Gasteiger charge is -2.15. The molecule has 0 saturated carbocycles. The molecule has 0 aromatic heterocycles. The van der Waals surface area contributed by atoms with Crippen molar-refractivity contribution in [3.8, 4) is 17.6 Å². The number of hydrogen-bond donors (Lipinski definition) is 1. The van der Waals surface area contributed by atoms with Crippen LogP contribution in [0, 0.1) is 18.3 Å². The maximum Gasteiger partial charge on any atom is 0.262 e. The minimum absolute atomic E-state index is 0.185. The number of amides is 1. The van der Waals surface area contributed by atoms with Crippen LogP contribution in [-0.4, -0.2) is 19.1 Å². The lowest BCUT2D eigenvalue weighted by atomic mass is 10.0. The summed E-state index contributed by atoms with van der Waals surface area (Å²) in [5.74, 6) is 0.599. The van der Waals surface area contributed by atoms with Crippen molar-refractivity contribution in [3.05, 3.63) is 86.8 Å². The van der Waals surface area contributed by atoms with Crippen molar-refractivity contribution in [2.75, 3.05) is 18.5 Å². The Morgan fingerprint density at radius 1 is 1.15 bits per heavy atom. The van der Waals surface area contributed by atoms with E-state index < -0.39 is 0 Å². The van der Waals surface area contributed by atoms with Crippen LogP contribution in [0.4, 0.5) is 5.69 Å². The maximum atomic E-state index is 12.4. The van der Waals surface area contributed by atoms with Gasteiger partial charge in [0.25, 0.3) is 5.91 Å². The van der Waals surface area contributed by atoms with E-state index in [1.165, 1.54) is 0 Å². The van der Waals surface area contributed by atoms with Crippen LogP contribution in [0.1, 0.15) is 23.6 Å². The van der Waals surface area contributed by atoms with Crippen LogP contribution in [0.25, 0.3) is 11.6 Å². The quantitative estimate of drug-likeness (QED) is 0.257. The second-order valence-corrected chi connectivity index (χ2v) is 8.44. The van der Waals surface area contributed by atoms with E-state index >= 15 is 0 Å². The summed E-state index contributed by atoms with van der Waals surface area (Å²) >= 11 is 9.46. The van der Waals surface area contributed by atoms with Crippen LogP contribution >= 0.6 is 27.5 Å². The second kappa shape index (κ2) is 11.6. The van der Waals surface area contributed by atoms with E-state index in [2.05, 4.69) is 27.3 Å². The number of hydrogen-bond acceptors (Lipinski definition) is 4. The summed E-state index contributed by atoms with van der Waals surface area (Å²) in [5, 5.41) is 13.0. The highest BCUT2D eigenvalue weighted by molar-refractivity contribution is 9.10. The predicted molar refractivity (Wildman–Crippen MR) is 136 cm³/mol. The number of aryl methyl sites for hydroxylation is 1. The number of nitrogens with one attached hydrogen (secondary N) is 1. The number of ether oxygens (including phenoxy) is 2. The van der Waals surface area contributed by atoms with Crippen molar-refractivity contribution in [3.63, 3.8) is 0 Å². The normalized spacial score (nSPS) is 10.9. The van der Waals surface area contributed by atoms with E-state index in [1.54, 1.807) is 36.4 Å². The molecular weight excluding hydrogens is 504 g/mol. The van der Waals surface area contributed by atoms with Crippen molar-refractivity contribution >= 4 is 50.8 Å². The Hall–Kier alpha value is -3.27. The van der Waals surface area contributed by atoms with Gasteiger partial charge in [-0.3, -0.25) is 4.79 Å². The zero-order valence-corrected chi connectivity index (χ0v) is 20.5. The number of allylic oxidation sites excluding steroid dienone is 1. The average Bonchev–Trinajstić information content (AvgIpc) is 2.78. The SMILES string of the molecule is CCOc1cc(/C=C(\C#N)c2ccc(Cl)cc2)cc(Br)c1OCC(=O)Nc1cccc(C)c1. The molecule has 7 heteroatoms. The van der Waals surface area contributed by atoms with Gasteiger partial charge in [-0.15, -0.1) is 0 Å². The van der Waals surface area contributed by atoms with Crippen LogP contribution in [0.5, 0.6) is 11.5 Å². The third-order valence-electron chi connectivity index (χ3n) is 4.57. The average molecular weight is 526 g/mol. The van der Waals surface area contributed by atoms with Gasteiger partial charge >= 0.3 is 0 Å². The van der Waals surface area contributed by atoms with Gasteiger partial charge in [-0.05, 0) is 88.9 Å². The summed E-state index contributed by atoms with van der Waals surface area (Å²) in [5.41, 5.74) is 3.73. The summed E-state index contributed by atoms with van der Waals surface area (Å²) < 4.78 is 12.1. The first kappa shape index (κ1) is 24.4. The topological polar surface area (TPSA) is 71.3 Å². The third kappa shape index (κ3) is 6.85. The molecule has 33 heavy (non-hydrogen) atoms. The van der Waals surface area contributed by atoms with Gasteiger partial charge in [0.2, 0.25) is 0 Å². The zero-order chi connectivity index (χ0) is 23.8. The van der Waals surface area contributed by atoms with Gasteiger partial charge in [0.1, 0.15) is 0 Å². The molecule has 5 nitrogen and oxygen atoms in total. The standard InChI is InChI=1S/C26H22BrClN2O3/c1-3-32-24-14-18(12-20(15-29)19-7-9-21(28)10-8-19)13-23(27)26(24)33-16-25(31)30-22-6-4-5-17(2)11-22/h4-14H,3,16H2,1-2H3,(H,30,31)/b20-12+. The Morgan fingerprint density at radius 2 is 1.91 bits per heavy atom. The predicted octanol–water partition coefficient (Wildman–Crippen LogP) is 6.89. The molecule has 0 aliphatic rings. The molecule has 0 radical (unpaired) electrons. The first-order valence-electron chi connectivity index (χ1n) is 10.2. The molecule has 0 aliphatic heterocycles. The molecule has 3 aromatic carbocycles. The highest BCUT2D eigenvalue weighted by Crippen LogP contribution is 2.38. The highest BCUT2D eigenvalue weighted by Gasteiger charge is 2.14. The molecule has 0 unspecified atom stereocenters. The van der Waals surface area contributed by atoms with E-state index in [1.807, 2.05) is 44.2 Å². The van der Waals surface area contributed by atoms with E-state index in [0.717, 1.165) is 16.7 Å². The molecule has 168 valence electrons. The van der Waals surface area contributed by atoms with Gasteiger partial charge in [-0.1, -0.05) is 35.9 Å². The number of carbonyl (C=O) groups is 1. The lowest BCUT2D eigenvalue weighted by molar-refractivity contribution is -0.118. The van der Waals surface area contributed by atoms with Gasteiger partial charge in [0.15, 0.2) is 18.1 Å². The molecule has 1 amide bonds. The summed E-state index contributed by atoms with van der Waals surface area (Å²) in [6.45, 7) is 4.04. The fraction of sp³-hybridized carbons (Fsp3) is 0.154. The molecule has 0 bridgehead atoms. The fourth-order valence-electron chi connectivity index (χ4n) is 3.11. The van der Waals surface area contributed by atoms with Gasteiger partial charge < -0.3 is 14.8 Å². The first-order chi connectivity index (χ1) is 15.9. The summed E-state index contributed by atoms with van der Waals surface area (Å²) in [7, 11) is 0. The third-order valence-corrected chi connectivity index (χ3v) is 5.41. The molecule has 0 saturated heterocycles. The maximum absolute atomic E-state index is 12.4. The molecule has 0 atom stereocenters. The van der Waals surface area contributed by atoms with Gasteiger partial charge in [0, 0.05) is 10.7 Å². The van der Waals surface area contributed by atoms with Crippen LogP contribution in [0.15, 0.2) is 65.1 Å². The first-order valence-corrected chi connectivity index (χ1v) is 11.4. The number of nitrogens with zero attached hydrogens (tertiary/aromatic N) is 1. The van der Waals surface area contributed by atoms with Crippen molar-refractivity contribution < 1.29 is 14.3 Å². The van der Waals surface area contributed by atoms with E-state index in [4.69, 9.17) is 21.1 Å². The smallest absolute Gasteiger partial charge is 0.262 e. The zero-order valence-electron chi connectivity index (χ0n) is 18.2. The molecule has 1 N–H and O–H groups in total. The Labute approximate surface area is 206 Å². The molecular formula is C26H22BrClN2O3. The van der Waals surface area contributed by atoms with Crippen molar-refractivity contribution in [2.24, 2.45) is 0 Å². The minimum Gasteiger partial charge on any atom is -0.490 e. The van der Waals surface area contributed by atoms with Crippen molar-refractivity contribution in [1.82, 2.24) is 0 Å². The number of halogens is 2. The van der Waals surface area contributed by atoms with Crippen LogP contribution in [0.3, 0.4) is 0 Å². The molecule has 3 rings (SSSR count). The summed E-state index contributed by atoms with van der Waals surface area (Å²) in [6, 6.07) is 20.4. The van der Waals surface area contributed by atoms with Crippen molar-refractivity contribution in [2.45, 2.75) is 13.8 Å². The van der Waals surface area contributed by atoms with Gasteiger partial charge in [-0.2, -0.15) is 5.26 Å². The Bertz CT molecular complexity index is 1220. The molecule has 3 aromatic rings. The lowest BCUT2D eigenvalue weighted by Crippen LogP contribution is -2.20. The Morgan fingerprint density at radius 3 is 2.58 bits per heavy atom. The number of anilines is 1. The van der Waals surface area contributed by atoms with Crippen molar-refractivity contribution in [1.29, 1.82) is 5.26 Å². The van der Waals surface area contributed by atoms with Crippen LogP contribution < -0.4 is 14.8 Å². The molecule has 0 aliphatic carbocycles. The molecule has 0 spiro atoms. The number of rotatable bonds is 8. The molecule has 0 fully saturated rings. The largest absolute Gasteiger partial charge is 0.490 e. The molecule has 0 heterocycles. The van der Waals surface area contributed by atoms with Gasteiger partial charge in [-0.25, -0.2) is 0 Å². The summed E-state index contributed by atoms with van der Waals surface area (Å²) in [6.07, 6.45) is 1.75. The summed E-state index contributed by atoms with van der Waals surface area (Å²) in [4.78, 5) is 12.4. The monoisotopic (exact) mass is 524 g/mol. The van der Waals surface area contributed by atoms with Crippen LogP contribution in [0.2, 0.25) is 5.02 Å². The van der Waals surface area contributed by atoms with E-state index in [-0.39, 0.29) is 12.5 Å². The fourth-order valence-corrected chi connectivity index (χ4v) is 3.81. The number of nitriles is 1. The number of carbonyl (C=O) groups excluding carboxylic acids is 1. The van der Waals surface area contributed by atoms with Crippen LogP contribution in [-0.2, 0) is 4.79 Å². The minimum atomic E-state index is -0.284. The number of benzene rings is 3. The second-order valence-electron chi connectivity index (χ2n) is 7.15. The van der Waals surface area contributed by atoms with E-state index in [0.29, 0.717) is 38.9 Å². The van der Waals surface area contributed by atoms with Gasteiger partial charge in [0.05, 0.1) is 22.7 Å².